The van der Waals surface area contributed by atoms with Crippen molar-refractivity contribution in [1.82, 2.24) is 14.5 Å². The van der Waals surface area contributed by atoms with E-state index in [1.54, 1.807) is 29.7 Å². The number of carbonyl (C=O) groups is 4. The zero-order valence-electron chi connectivity index (χ0n) is 25.3. The summed E-state index contributed by atoms with van der Waals surface area (Å²) in [7, 11) is 0. The summed E-state index contributed by atoms with van der Waals surface area (Å²) in [6.45, 7) is 1.18. The van der Waals surface area contributed by atoms with Crippen LogP contribution in [-0.2, 0) is 37.8 Å². The number of cyclic esters (lactones) is 1. The maximum Gasteiger partial charge on any atom is 0.355 e. The van der Waals surface area contributed by atoms with E-state index in [1.165, 1.54) is 12.1 Å². The second-order valence-corrected chi connectivity index (χ2v) is 11.9. The number of fused-ring (bicyclic) bond motifs is 5. The van der Waals surface area contributed by atoms with Gasteiger partial charge in [0.15, 0.2) is 0 Å². The number of imide groups is 1. The molecule has 1 unspecified atom stereocenters. The van der Waals surface area contributed by atoms with Crippen LogP contribution in [0.2, 0.25) is 0 Å². The Hall–Kier alpha value is -6.24. The average molecular weight is 645 g/mol. The van der Waals surface area contributed by atoms with Crippen molar-refractivity contribution < 1.29 is 33.6 Å². The number of nitro benzene ring substituents is 1. The Kier molecular flexibility index (Phi) is 6.32. The number of ether oxygens (including phenoxy) is 2. The molecule has 0 fully saturated rings. The zero-order chi connectivity index (χ0) is 33.5. The van der Waals surface area contributed by atoms with Gasteiger partial charge >= 0.3 is 11.9 Å². The van der Waals surface area contributed by atoms with Crippen LogP contribution in [0.5, 0.6) is 0 Å². The molecule has 3 aromatic carbocycles. The lowest BCUT2D eigenvalue weighted by Gasteiger charge is -2.36. The van der Waals surface area contributed by atoms with Crippen LogP contribution in [0, 0.1) is 10.1 Å². The highest BCUT2D eigenvalue weighted by Crippen LogP contribution is 2.41. The van der Waals surface area contributed by atoms with Gasteiger partial charge in [0.25, 0.3) is 23.1 Å². The second kappa shape index (κ2) is 10.4. The maximum absolute atomic E-state index is 13.8. The van der Waals surface area contributed by atoms with Crippen molar-refractivity contribution in [3.8, 4) is 11.4 Å². The highest BCUT2D eigenvalue weighted by molar-refractivity contribution is 6.25. The van der Waals surface area contributed by atoms with Crippen LogP contribution >= 0.6 is 0 Å². The van der Waals surface area contributed by atoms with E-state index in [0.717, 1.165) is 27.4 Å². The minimum Gasteiger partial charge on any atom is -0.457 e. The van der Waals surface area contributed by atoms with Crippen molar-refractivity contribution in [2.45, 2.75) is 38.5 Å². The minimum atomic E-state index is -1.96. The van der Waals surface area contributed by atoms with E-state index in [1.807, 2.05) is 30.3 Å². The van der Waals surface area contributed by atoms with E-state index < -0.39 is 52.8 Å². The Balaban J connectivity index is 1.11. The minimum absolute atomic E-state index is 0.0337. The molecule has 13 nitrogen and oxygen atoms in total. The Morgan fingerprint density at radius 2 is 1.77 bits per heavy atom. The summed E-state index contributed by atoms with van der Waals surface area (Å²) in [4.78, 5) is 84.1. The van der Waals surface area contributed by atoms with Crippen molar-refractivity contribution in [3.05, 3.63) is 115 Å². The molecule has 1 atom stereocenters. The van der Waals surface area contributed by atoms with Crippen LogP contribution < -0.4 is 5.56 Å². The number of pyridine rings is 2. The van der Waals surface area contributed by atoms with E-state index in [4.69, 9.17) is 14.5 Å². The Morgan fingerprint density at radius 3 is 2.56 bits per heavy atom. The number of aromatic nitrogens is 2. The molecular formula is C35H24N4O9. The quantitative estimate of drug-likeness (QED) is 0.110. The number of hydrogen-bond acceptors (Lipinski definition) is 10. The summed E-state index contributed by atoms with van der Waals surface area (Å²) >= 11 is 0. The molecule has 2 aromatic heterocycles. The predicted molar refractivity (Wildman–Crippen MR) is 169 cm³/mol. The highest BCUT2D eigenvalue weighted by Gasteiger charge is 2.50. The first-order chi connectivity index (χ1) is 23.1. The van der Waals surface area contributed by atoms with E-state index >= 15 is 0 Å². The number of para-hydroxylation sites is 1. The predicted octanol–water partition coefficient (Wildman–Crippen LogP) is 4.38. The fourth-order valence-corrected chi connectivity index (χ4v) is 6.98. The second-order valence-electron chi connectivity index (χ2n) is 11.9. The molecule has 0 saturated heterocycles. The van der Waals surface area contributed by atoms with E-state index in [0.29, 0.717) is 22.2 Å². The first-order valence-corrected chi connectivity index (χ1v) is 15.2. The van der Waals surface area contributed by atoms with Gasteiger partial charge in [0.1, 0.15) is 6.61 Å². The SMILES string of the molecule is CCC1(OC(=O)CCN2C(=O)c3cccc4cc([N+](=O)[O-])cc(c34)C2=O)C(=O)OCc2c1cc1n(c2=O)Cc2cc3ccccc3nc2-1. The molecular weight excluding hydrogens is 620 g/mol. The van der Waals surface area contributed by atoms with Gasteiger partial charge in [0.2, 0.25) is 5.60 Å². The van der Waals surface area contributed by atoms with E-state index in [-0.39, 0.29) is 47.5 Å². The van der Waals surface area contributed by atoms with Crippen LogP contribution in [0.1, 0.15) is 57.2 Å². The molecule has 0 radical (unpaired) electrons. The molecule has 3 aliphatic heterocycles. The van der Waals surface area contributed by atoms with E-state index in [2.05, 4.69) is 0 Å². The third-order valence-corrected chi connectivity index (χ3v) is 9.34. The van der Waals surface area contributed by atoms with Crippen LogP contribution in [0.3, 0.4) is 0 Å². The summed E-state index contributed by atoms with van der Waals surface area (Å²) in [5, 5.41) is 13.1. The van der Waals surface area contributed by atoms with Gasteiger partial charge in [-0.05, 0) is 36.1 Å². The molecule has 0 spiro atoms. The molecule has 2 amide bonds. The first kappa shape index (κ1) is 29.2. The topological polar surface area (TPSA) is 168 Å². The summed E-state index contributed by atoms with van der Waals surface area (Å²) in [5.41, 5.74) is 0.469. The van der Waals surface area contributed by atoms with Gasteiger partial charge in [-0.15, -0.1) is 0 Å². The molecule has 48 heavy (non-hydrogen) atoms. The fourth-order valence-electron chi connectivity index (χ4n) is 6.98. The molecule has 5 aromatic rings. The Morgan fingerprint density at radius 1 is 1.00 bits per heavy atom. The zero-order valence-corrected chi connectivity index (χ0v) is 25.3. The number of amides is 2. The number of rotatable bonds is 6. The van der Waals surface area contributed by atoms with Crippen LogP contribution in [0.15, 0.2) is 71.5 Å². The van der Waals surface area contributed by atoms with Crippen LogP contribution in [0.4, 0.5) is 5.69 Å². The molecule has 3 aliphatic rings. The average Bonchev–Trinajstić information content (AvgIpc) is 3.44. The molecule has 0 aliphatic carbocycles. The maximum atomic E-state index is 13.8. The van der Waals surface area contributed by atoms with Gasteiger partial charge in [-0.3, -0.25) is 34.2 Å². The summed E-state index contributed by atoms with van der Waals surface area (Å²) < 4.78 is 12.8. The third kappa shape index (κ3) is 4.10. The molecule has 0 bridgehead atoms. The van der Waals surface area contributed by atoms with Gasteiger partial charge in [-0.25, -0.2) is 9.78 Å². The lowest BCUT2D eigenvalue weighted by molar-refractivity contribution is -0.384. The Labute approximate surface area is 270 Å². The number of hydrogen-bond donors (Lipinski definition) is 0. The molecule has 0 N–H and O–H groups in total. The Bertz CT molecular complexity index is 2400. The number of nitrogens with zero attached hydrogens (tertiary/aromatic N) is 4. The molecule has 5 heterocycles. The third-order valence-electron chi connectivity index (χ3n) is 9.34. The number of non-ortho nitro benzene ring substituents is 1. The standard InChI is InChI=1S/C35H24N4O9/c1-2-35(48-28(40)10-11-37-31(41)22-8-5-7-19-13-21(39(45)46)14-23(29(19)22)32(37)42)25-15-27-30-20(12-18-6-3-4-9-26(18)36-30)16-38(27)33(43)24(25)17-47-34(35)44/h3-9,12-15H,2,10-11,16-17H2,1H3. The summed E-state index contributed by atoms with van der Waals surface area (Å²) in [6, 6.07) is 18.2. The van der Waals surface area contributed by atoms with Gasteiger partial charge < -0.3 is 14.0 Å². The smallest absolute Gasteiger partial charge is 0.355 e. The largest absolute Gasteiger partial charge is 0.457 e. The van der Waals surface area contributed by atoms with Crippen molar-refractivity contribution in [1.29, 1.82) is 0 Å². The fraction of sp³-hybridized carbons (Fsp3) is 0.200. The van der Waals surface area contributed by atoms with Crippen molar-refractivity contribution in [3.63, 3.8) is 0 Å². The van der Waals surface area contributed by atoms with Gasteiger partial charge in [-0.1, -0.05) is 37.3 Å². The van der Waals surface area contributed by atoms with Gasteiger partial charge in [0, 0.05) is 46.1 Å². The van der Waals surface area contributed by atoms with Crippen molar-refractivity contribution in [2.75, 3.05) is 6.54 Å². The molecule has 0 saturated carbocycles. The summed E-state index contributed by atoms with van der Waals surface area (Å²) in [5.74, 6) is -3.24. The van der Waals surface area contributed by atoms with Crippen LogP contribution in [-0.4, -0.2) is 49.7 Å². The molecule has 8 rings (SSSR count). The number of carbonyl (C=O) groups excluding carboxylic acids is 4. The van der Waals surface area contributed by atoms with Gasteiger partial charge in [-0.2, -0.15) is 0 Å². The lowest BCUT2D eigenvalue weighted by Crippen LogP contribution is -2.48. The number of nitro groups is 1. The molecule has 238 valence electrons. The molecule has 13 heteroatoms. The van der Waals surface area contributed by atoms with Crippen LogP contribution in [0.25, 0.3) is 33.1 Å². The monoisotopic (exact) mass is 644 g/mol. The summed E-state index contributed by atoms with van der Waals surface area (Å²) in [6.07, 6.45) is -0.561. The van der Waals surface area contributed by atoms with Crippen molar-refractivity contribution >= 4 is 51.1 Å². The lowest BCUT2D eigenvalue weighted by atomic mass is 9.85. The number of benzene rings is 3. The highest BCUT2D eigenvalue weighted by atomic mass is 16.6. The van der Waals surface area contributed by atoms with E-state index in [9.17, 15) is 34.1 Å². The van der Waals surface area contributed by atoms with Crippen molar-refractivity contribution in [2.24, 2.45) is 0 Å². The first-order valence-electron chi connectivity index (χ1n) is 15.2. The van der Waals surface area contributed by atoms with Gasteiger partial charge in [0.05, 0.1) is 45.9 Å². The number of esters is 2. The normalized spacial score (nSPS) is 17.6.